The van der Waals surface area contributed by atoms with E-state index in [1.54, 1.807) is 13.2 Å². The van der Waals surface area contributed by atoms with E-state index >= 15 is 0 Å². The first kappa shape index (κ1) is 13.3. The molecular weight excluding hydrogens is 242 g/mol. The van der Waals surface area contributed by atoms with Gasteiger partial charge in [0, 0.05) is 19.7 Å². The summed E-state index contributed by atoms with van der Waals surface area (Å²) in [6, 6.07) is 11.8. The van der Waals surface area contributed by atoms with Gasteiger partial charge in [-0.3, -0.25) is 0 Å². The molecule has 1 aromatic heterocycles. The zero-order valence-electron chi connectivity index (χ0n) is 10.8. The quantitative estimate of drug-likeness (QED) is 0.539. The average molecular weight is 259 g/mol. The van der Waals surface area contributed by atoms with Gasteiger partial charge in [-0.1, -0.05) is 30.3 Å². The largest absolute Gasteiger partial charge is 0.377 e. The van der Waals surface area contributed by atoms with Crippen LogP contribution < -0.4 is 16.6 Å². The van der Waals surface area contributed by atoms with Crippen molar-refractivity contribution < 1.29 is 4.74 Å². The average Bonchev–Trinajstić information content (AvgIpc) is 2.46. The predicted octanol–water partition coefficient (Wildman–Crippen LogP) is 1.52. The number of nitrogens with one attached hydrogen (secondary N) is 2. The normalized spacial score (nSPS) is 10.2. The Morgan fingerprint density at radius 1 is 1.16 bits per heavy atom. The number of aromatic nitrogens is 2. The van der Waals surface area contributed by atoms with Crippen molar-refractivity contribution in [3.05, 3.63) is 47.8 Å². The van der Waals surface area contributed by atoms with Gasteiger partial charge in [-0.25, -0.2) is 15.8 Å². The Labute approximate surface area is 112 Å². The van der Waals surface area contributed by atoms with Crippen LogP contribution in [0.4, 0.5) is 11.6 Å². The van der Waals surface area contributed by atoms with Crippen LogP contribution in [0.3, 0.4) is 0 Å². The Bertz CT molecular complexity index is 518. The van der Waals surface area contributed by atoms with Gasteiger partial charge in [0.1, 0.15) is 18.2 Å². The summed E-state index contributed by atoms with van der Waals surface area (Å²) in [6.45, 7) is 1.03. The summed E-state index contributed by atoms with van der Waals surface area (Å²) in [4.78, 5) is 8.53. The molecule has 0 spiro atoms. The van der Waals surface area contributed by atoms with Crippen molar-refractivity contribution >= 4 is 11.6 Å². The van der Waals surface area contributed by atoms with Crippen LogP contribution in [-0.2, 0) is 17.9 Å². The van der Waals surface area contributed by atoms with Crippen LogP contribution in [0.15, 0.2) is 36.4 Å². The summed E-state index contributed by atoms with van der Waals surface area (Å²) < 4.78 is 5.02. The molecule has 1 aromatic carbocycles. The van der Waals surface area contributed by atoms with Crippen LogP contribution in [0.25, 0.3) is 0 Å². The molecule has 0 fully saturated rings. The van der Waals surface area contributed by atoms with E-state index in [2.05, 4.69) is 20.7 Å². The highest BCUT2D eigenvalue weighted by Gasteiger charge is 2.03. The molecule has 4 N–H and O–H groups in total. The zero-order chi connectivity index (χ0) is 13.5. The smallest absolute Gasteiger partial charge is 0.158 e. The number of ether oxygens (including phenoxy) is 1. The molecule has 6 nitrogen and oxygen atoms in total. The summed E-state index contributed by atoms with van der Waals surface area (Å²) in [6.07, 6.45) is 0. The minimum Gasteiger partial charge on any atom is -0.377 e. The van der Waals surface area contributed by atoms with Gasteiger partial charge in [0.2, 0.25) is 0 Å². The lowest BCUT2D eigenvalue weighted by molar-refractivity contribution is 0.178. The maximum absolute atomic E-state index is 5.38. The number of nitrogens with two attached hydrogens (primary N) is 1. The van der Waals surface area contributed by atoms with E-state index in [1.165, 1.54) is 5.56 Å². The molecule has 0 saturated carbocycles. The summed E-state index contributed by atoms with van der Waals surface area (Å²) in [5.41, 5.74) is 3.70. The highest BCUT2D eigenvalue weighted by molar-refractivity contribution is 5.47. The van der Waals surface area contributed by atoms with Crippen LogP contribution >= 0.6 is 0 Å². The van der Waals surface area contributed by atoms with E-state index in [0.29, 0.717) is 30.6 Å². The number of nitrogens with zero attached hydrogens (tertiary/aromatic N) is 2. The number of nitrogen functional groups attached to an aromatic ring is 1. The lowest BCUT2D eigenvalue weighted by Gasteiger charge is -2.09. The van der Waals surface area contributed by atoms with Gasteiger partial charge in [-0.05, 0) is 5.56 Å². The highest BCUT2D eigenvalue weighted by atomic mass is 16.5. The van der Waals surface area contributed by atoms with Crippen molar-refractivity contribution in [1.29, 1.82) is 0 Å². The summed E-state index contributed by atoms with van der Waals surface area (Å²) in [5, 5.41) is 3.23. The second-order valence-corrected chi connectivity index (χ2v) is 3.97. The van der Waals surface area contributed by atoms with Gasteiger partial charge < -0.3 is 15.5 Å². The molecule has 0 atom stereocenters. The van der Waals surface area contributed by atoms with Crippen LogP contribution in [0.5, 0.6) is 0 Å². The van der Waals surface area contributed by atoms with Crippen LogP contribution in [0, 0.1) is 0 Å². The Kier molecular flexibility index (Phi) is 4.66. The van der Waals surface area contributed by atoms with E-state index in [1.807, 2.05) is 30.3 Å². The molecule has 2 aromatic rings. The van der Waals surface area contributed by atoms with Crippen molar-refractivity contribution in [2.24, 2.45) is 5.84 Å². The molecule has 100 valence electrons. The highest BCUT2D eigenvalue weighted by Crippen LogP contribution is 2.12. The Hall–Kier alpha value is -2.18. The number of anilines is 2. The van der Waals surface area contributed by atoms with Crippen molar-refractivity contribution in [3.63, 3.8) is 0 Å². The van der Waals surface area contributed by atoms with Gasteiger partial charge in [-0.15, -0.1) is 0 Å². The van der Waals surface area contributed by atoms with Gasteiger partial charge in [0.25, 0.3) is 0 Å². The molecule has 0 aliphatic carbocycles. The standard InChI is InChI=1S/C13H17N5O/c1-19-9-13-16-11(7-12(17-13)18-14)15-8-10-5-3-2-4-6-10/h2-7H,8-9,14H2,1H3,(H2,15,16,17,18). The van der Waals surface area contributed by atoms with Gasteiger partial charge in [0.15, 0.2) is 5.82 Å². The molecule has 19 heavy (non-hydrogen) atoms. The fourth-order valence-electron chi connectivity index (χ4n) is 1.64. The van der Waals surface area contributed by atoms with E-state index in [4.69, 9.17) is 10.6 Å². The van der Waals surface area contributed by atoms with Crippen molar-refractivity contribution in [1.82, 2.24) is 9.97 Å². The summed E-state index contributed by atoms with van der Waals surface area (Å²) >= 11 is 0. The molecular formula is C13H17N5O. The molecule has 1 heterocycles. The fourth-order valence-corrected chi connectivity index (χ4v) is 1.64. The first-order valence-corrected chi connectivity index (χ1v) is 5.93. The van der Waals surface area contributed by atoms with Crippen molar-refractivity contribution in [3.8, 4) is 0 Å². The molecule has 0 bridgehead atoms. The molecule has 0 aliphatic rings. The SMILES string of the molecule is COCc1nc(NN)cc(NCc2ccccc2)n1. The fraction of sp³-hybridized carbons (Fsp3) is 0.231. The van der Waals surface area contributed by atoms with Crippen LogP contribution in [0.1, 0.15) is 11.4 Å². The maximum Gasteiger partial charge on any atom is 0.158 e. The minimum absolute atomic E-state index is 0.343. The second-order valence-electron chi connectivity index (χ2n) is 3.97. The molecule has 0 saturated heterocycles. The van der Waals surface area contributed by atoms with E-state index in [-0.39, 0.29) is 0 Å². The molecule has 6 heteroatoms. The zero-order valence-corrected chi connectivity index (χ0v) is 10.8. The van der Waals surface area contributed by atoms with Gasteiger partial charge in [0.05, 0.1) is 0 Å². The second kappa shape index (κ2) is 6.67. The molecule has 0 unspecified atom stereocenters. The molecule has 0 amide bonds. The third kappa shape index (κ3) is 3.90. The van der Waals surface area contributed by atoms with Gasteiger partial charge in [-0.2, -0.15) is 0 Å². The number of hydrogen-bond donors (Lipinski definition) is 3. The van der Waals surface area contributed by atoms with E-state index in [0.717, 1.165) is 0 Å². The Balaban J connectivity index is 2.08. The number of methoxy groups -OCH3 is 1. The summed E-state index contributed by atoms with van der Waals surface area (Å²) in [5.74, 6) is 7.22. The maximum atomic E-state index is 5.38. The Morgan fingerprint density at radius 3 is 2.58 bits per heavy atom. The molecule has 2 rings (SSSR count). The summed E-state index contributed by atoms with van der Waals surface area (Å²) in [7, 11) is 1.60. The van der Waals surface area contributed by atoms with E-state index < -0.39 is 0 Å². The first-order valence-electron chi connectivity index (χ1n) is 5.93. The third-order valence-corrected chi connectivity index (χ3v) is 2.51. The number of hydrazine groups is 1. The lowest BCUT2D eigenvalue weighted by Crippen LogP contribution is -2.12. The lowest BCUT2D eigenvalue weighted by atomic mass is 10.2. The topological polar surface area (TPSA) is 85.1 Å². The van der Waals surface area contributed by atoms with Crippen LogP contribution in [0.2, 0.25) is 0 Å². The monoisotopic (exact) mass is 259 g/mol. The minimum atomic E-state index is 0.343. The van der Waals surface area contributed by atoms with Crippen molar-refractivity contribution in [2.75, 3.05) is 17.9 Å². The molecule has 0 aliphatic heterocycles. The van der Waals surface area contributed by atoms with Crippen LogP contribution in [-0.4, -0.2) is 17.1 Å². The molecule has 0 radical (unpaired) electrons. The van der Waals surface area contributed by atoms with Crippen molar-refractivity contribution in [2.45, 2.75) is 13.2 Å². The Morgan fingerprint density at radius 2 is 1.89 bits per heavy atom. The number of hydrogen-bond acceptors (Lipinski definition) is 6. The van der Waals surface area contributed by atoms with Gasteiger partial charge >= 0.3 is 0 Å². The predicted molar refractivity (Wildman–Crippen MR) is 74.3 cm³/mol. The third-order valence-electron chi connectivity index (χ3n) is 2.51. The van der Waals surface area contributed by atoms with E-state index in [9.17, 15) is 0 Å². The number of rotatable bonds is 6. The number of benzene rings is 1. The first-order chi connectivity index (χ1) is 9.31.